The van der Waals surface area contributed by atoms with Gasteiger partial charge < -0.3 is 9.47 Å². The van der Waals surface area contributed by atoms with E-state index in [1.165, 1.54) is 0 Å². The topological polar surface area (TPSA) is 61.6 Å². The number of nitro benzene ring substituents is 1. The molecule has 178 valence electrons. The van der Waals surface area contributed by atoms with Crippen LogP contribution in [-0.2, 0) is 25.6 Å². The van der Waals surface area contributed by atoms with Gasteiger partial charge >= 0.3 is 6.18 Å². The second-order valence-electron chi connectivity index (χ2n) is 8.57. The average Bonchev–Trinajstić information content (AvgIpc) is 3.28. The van der Waals surface area contributed by atoms with Gasteiger partial charge in [-0.25, -0.2) is 0 Å². The van der Waals surface area contributed by atoms with E-state index >= 15 is 0 Å². The molecule has 1 aliphatic carbocycles. The monoisotopic (exact) mass is 471 g/mol. The van der Waals surface area contributed by atoms with Crippen LogP contribution < -0.4 is 9.47 Å². The Balaban J connectivity index is 1.70. The predicted molar refractivity (Wildman–Crippen MR) is 122 cm³/mol. The third kappa shape index (κ3) is 4.85. The minimum absolute atomic E-state index is 0.0268. The van der Waals surface area contributed by atoms with Crippen molar-refractivity contribution < 1.29 is 27.6 Å². The van der Waals surface area contributed by atoms with Crippen molar-refractivity contribution >= 4 is 5.69 Å². The lowest BCUT2D eigenvalue weighted by atomic mass is 10.0. The minimum atomic E-state index is -4.79. The van der Waals surface area contributed by atoms with Crippen LogP contribution in [0.2, 0.25) is 0 Å². The quantitative estimate of drug-likeness (QED) is 0.263. The van der Waals surface area contributed by atoms with Crippen LogP contribution in [0.25, 0.3) is 0 Å². The van der Waals surface area contributed by atoms with Gasteiger partial charge in [0.2, 0.25) is 0 Å². The normalized spacial score (nSPS) is 13.1. The molecule has 8 heteroatoms. The Morgan fingerprint density at radius 3 is 2.38 bits per heavy atom. The molecule has 0 unspecified atom stereocenters. The summed E-state index contributed by atoms with van der Waals surface area (Å²) >= 11 is 0. The molecule has 0 spiro atoms. The molecule has 0 aliphatic heterocycles. The van der Waals surface area contributed by atoms with Gasteiger partial charge in [-0.1, -0.05) is 44.2 Å². The Kier molecular flexibility index (Phi) is 6.50. The Morgan fingerprint density at radius 2 is 1.74 bits per heavy atom. The number of halogens is 3. The number of hydrogen-bond donors (Lipinski definition) is 0. The van der Waals surface area contributed by atoms with Gasteiger partial charge in [0.15, 0.2) is 0 Å². The van der Waals surface area contributed by atoms with Crippen molar-refractivity contribution in [1.82, 2.24) is 0 Å². The largest absolute Gasteiger partial charge is 0.489 e. The number of benzene rings is 3. The molecule has 3 aromatic rings. The summed E-state index contributed by atoms with van der Waals surface area (Å²) in [6, 6.07) is 15.2. The van der Waals surface area contributed by atoms with E-state index in [9.17, 15) is 23.3 Å². The molecule has 0 heterocycles. The molecule has 0 bridgehead atoms. The van der Waals surface area contributed by atoms with Gasteiger partial charge in [-0.15, -0.1) is 0 Å². The lowest BCUT2D eigenvalue weighted by Gasteiger charge is -2.20. The summed E-state index contributed by atoms with van der Waals surface area (Å²) in [5, 5.41) is 11.4. The molecule has 0 fully saturated rings. The van der Waals surface area contributed by atoms with Crippen molar-refractivity contribution in [1.29, 1.82) is 0 Å². The zero-order valence-electron chi connectivity index (χ0n) is 18.8. The number of nitro groups is 1. The maximum Gasteiger partial charge on any atom is 0.420 e. The number of rotatable bonds is 7. The second-order valence-corrected chi connectivity index (χ2v) is 8.57. The average molecular weight is 471 g/mol. The number of hydrogen-bond acceptors (Lipinski definition) is 4. The number of alkyl halides is 3. The van der Waals surface area contributed by atoms with Crippen LogP contribution in [-0.4, -0.2) is 4.92 Å². The molecule has 0 atom stereocenters. The van der Waals surface area contributed by atoms with Crippen LogP contribution in [0.15, 0.2) is 54.6 Å². The van der Waals surface area contributed by atoms with E-state index in [4.69, 9.17) is 9.47 Å². The Labute approximate surface area is 195 Å². The summed E-state index contributed by atoms with van der Waals surface area (Å²) in [6.45, 7) is 4.27. The van der Waals surface area contributed by atoms with Crippen molar-refractivity contribution in [3.05, 3.63) is 92.5 Å². The fourth-order valence-corrected chi connectivity index (χ4v) is 4.24. The molecule has 0 saturated carbocycles. The first kappa shape index (κ1) is 23.6. The van der Waals surface area contributed by atoms with Crippen LogP contribution in [0.3, 0.4) is 0 Å². The van der Waals surface area contributed by atoms with E-state index in [2.05, 4.69) is 0 Å². The van der Waals surface area contributed by atoms with Crippen LogP contribution in [0.5, 0.6) is 17.2 Å². The molecule has 4 rings (SSSR count). The van der Waals surface area contributed by atoms with E-state index in [-0.39, 0.29) is 23.0 Å². The summed E-state index contributed by atoms with van der Waals surface area (Å²) in [4.78, 5) is 10.7. The molecule has 3 aromatic carbocycles. The zero-order chi connectivity index (χ0) is 24.5. The maximum atomic E-state index is 13.9. The predicted octanol–water partition coefficient (Wildman–Crippen LogP) is 7.60. The standard InChI is InChI=1S/C26H24F3NO4/c1-16(2)21-13-18(11-12-24(21)33-15-17-7-4-3-5-8-17)34-25-20-10-6-9-19(20)23(30(31)32)14-22(25)26(27,28)29/h3-5,7-8,11-14,16H,6,9-10,15H2,1-2H3. The lowest BCUT2D eigenvalue weighted by molar-refractivity contribution is -0.385. The van der Waals surface area contributed by atoms with Crippen LogP contribution in [0.1, 0.15) is 54.0 Å². The number of fused-ring (bicyclic) bond motifs is 1. The van der Waals surface area contributed by atoms with Crippen molar-refractivity contribution in [2.45, 2.75) is 51.8 Å². The molecular formula is C26H24F3NO4. The summed E-state index contributed by atoms with van der Waals surface area (Å²) < 4.78 is 53.4. The highest BCUT2D eigenvalue weighted by Gasteiger charge is 2.40. The van der Waals surface area contributed by atoms with Crippen molar-refractivity contribution in [2.24, 2.45) is 0 Å². The van der Waals surface area contributed by atoms with Crippen molar-refractivity contribution in [3.8, 4) is 17.2 Å². The molecule has 1 aliphatic rings. The fraction of sp³-hybridized carbons (Fsp3) is 0.308. The third-order valence-electron chi connectivity index (χ3n) is 5.89. The maximum absolute atomic E-state index is 13.9. The molecule has 34 heavy (non-hydrogen) atoms. The summed E-state index contributed by atoms with van der Waals surface area (Å²) in [6.07, 6.45) is -3.61. The fourth-order valence-electron chi connectivity index (χ4n) is 4.24. The number of ether oxygens (including phenoxy) is 2. The molecule has 0 saturated heterocycles. The summed E-state index contributed by atoms with van der Waals surface area (Å²) in [7, 11) is 0. The zero-order valence-corrected chi connectivity index (χ0v) is 18.8. The second kappa shape index (κ2) is 9.37. The van der Waals surface area contributed by atoms with E-state index in [0.717, 1.165) is 11.1 Å². The smallest absolute Gasteiger partial charge is 0.420 e. The van der Waals surface area contributed by atoms with Gasteiger partial charge in [0.1, 0.15) is 29.4 Å². The highest BCUT2D eigenvalue weighted by Crippen LogP contribution is 2.48. The Bertz CT molecular complexity index is 1210. The SMILES string of the molecule is CC(C)c1cc(Oc2c(C(F)(F)F)cc([N+](=O)[O-])c3c2CCC3)ccc1OCc1ccccc1. The first-order valence-electron chi connectivity index (χ1n) is 11.0. The molecule has 0 aromatic heterocycles. The van der Waals surface area contributed by atoms with Gasteiger partial charge in [0.05, 0.1) is 4.92 Å². The first-order valence-corrected chi connectivity index (χ1v) is 11.0. The molecule has 0 amide bonds. The summed E-state index contributed by atoms with van der Waals surface area (Å²) in [5.74, 6) is 0.526. The van der Waals surface area contributed by atoms with Gasteiger partial charge in [-0.2, -0.15) is 13.2 Å². The number of nitrogens with zero attached hydrogens (tertiary/aromatic N) is 1. The third-order valence-corrected chi connectivity index (χ3v) is 5.89. The van der Waals surface area contributed by atoms with Gasteiger partial charge in [-0.3, -0.25) is 10.1 Å². The van der Waals surface area contributed by atoms with E-state index in [1.54, 1.807) is 18.2 Å². The van der Waals surface area contributed by atoms with Crippen molar-refractivity contribution in [2.75, 3.05) is 0 Å². The molecule has 0 N–H and O–H groups in total. The van der Waals surface area contributed by atoms with E-state index < -0.39 is 22.4 Å². The van der Waals surface area contributed by atoms with Gasteiger partial charge in [-0.05, 0) is 48.9 Å². The Hall–Kier alpha value is -3.55. The molecular weight excluding hydrogens is 447 g/mol. The van der Waals surface area contributed by atoms with E-state index in [0.29, 0.717) is 43.2 Å². The summed E-state index contributed by atoms with van der Waals surface area (Å²) in [5.41, 5.74) is 0.737. The molecule has 5 nitrogen and oxygen atoms in total. The van der Waals surface area contributed by atoms with Gasteiger partial charge in [0, 0.05) is 22.8 Å². The van der Waals surface area contributed by atoms with E-state index in [1.807, 2.05) is 44.2 Å². The Morgan fingerprint density at radius 1 is 1.03 bits per heavy atom. The van der Waals surface area contributed by atoms with Crippen LogP contribution in [0, 0.1) is 10.1 Å². The van der Waals surface area contributed by atoms with Crippen LogP contribution >= 0.6 is 0 Å². The van der Waals surface area contributed by atoms with Crippen molar-refractivity contribution in [3.63, 3.8) is 0 Å². The van der Waals surface area contributed by atoms with Crippen LogP contribution in [0.4, 0.5) is 18.9 Å². The van der Waals surface area contributed by atoms with Gasteiger partial charge in [0.25, 0.3) is 5.69 Å². The highest BCUT2D eigenvalue weighted by atomic mass is 19.4. The highest BCUT2D eigenvalue weighted by molar-refractivity contribution is 5.61. The lowest BCUT2D eigenvalue weighted by Crippen LogP contribution is -2.11. The minimum Gasteiger partial charge on any atom is -0.489 e. The first-order chi connectivity index (χ1) is 16.1. The molecule has 0 radical (unpaired) electrons.